The van der Waals surface area contributed by atoms with E-state index in [-0.39, 0.29) is 109 Å². The first-order valence-electron chi connectivity index (χ1n) is 0. The Morgan fingerprint density at radius 3 is 0.429 bits per heavy atom. The monoisotopic (exact) mass is 512 g/mol. The maximum absolute atomic E-state index is 0. The van der Waals surface area contributed by atoms with Gasteiger partial charge in [-0.1, -0.05) is 0 Å². The van der Waals surface area contributed by atoms with Crippen LogP contribution in [0.2, 0.25) is 0 Å². The van der Waals surface area contributed by atoms with E-state index in [0.29, 0.717) is 0 Å². The Morgan fingerprint density at radius 1 is 0.429 bits per heavy atom. The van der Waals surface area contributed by atoms with Crippen molar-refractivity contribution < 1.29 is 109 Å². The molecule has 38 valence electrons. The average Bonchev–Trinajstić information content (AvgIpc) is 0. The maximum Gasteiger partial charge on any atom is 3.00 e. The predicted molar refractivity (Wildman–Crippen MR) is 2.06 cm³/mol. The second-order valence-corrected chi connectivity index (χ2v) is 0. The predicted octanol–water partition coefficient (Wildman–Crippen LogP) is -0.366. The van der Waals surface area contributed by atoms with Gasteiger partial charge in [-0.05, 0) is 0 Å². The number of hydrogen-bond donors (Lipinski definition) is 0. The summed E-state index contributed by atoms with van der Waals surface area (Å²) < 4.78 is 0. The molecular weight excluding hydrogens is 510 g/mol. The average molecular weight is 510 g/mol. The molecule has 0 aliphatic carbocycles. The van der Waals surface area contributed by atoms with Gasteiger partial charge in [0.25, 0.3) is 0 Å². The fourth-order valence-corrected chi connectivity index (χ4v) is 0. The fourth-order valence-electron chi connectivity index (χ4n) is 0. The van der Waals surface area contributed by atoms with Crippen LogP contribution in [0.5, 0.6) is 0 Å². The van der Waals surface area contributed by atoms with Crippen molar-refractivity contribution in [2.24, 2.45) is 0 Å². The van der Waals surface area contributed by atoms with E-state index in [0.717, 1.165) is 0 Å². The zero-order valence-electron chi connectivity index (χ0n) is 3.14. The molecular formula is O3Re2Sc2. The molecule has 0 aliphatic rings. The van der Waals surface area contributed by atoms with Crippen LogP contribution in [0.3, 0.4) is 0 Å². The molecule has 0 heterocycles. The van der Waals surface area contributed by atoms with Crippen molar-refractivity contribution in [1.82, 2.24) is 0 Å². The van der Waals surface area contributed by atoms with Crippen LogP contribution in [-0.4, -0.2) is 0 Å². The molecule has 0 aromatic carbocycles. The van der Waals surface area contributed by atoms with Crippen molar-refractivity contribution in [3.63, 3.8) is 0 Å². The Kier molecular flexibility index (Phi) is 853. The SMILES string of the molecule is [O-2].[O-2].[O-2].[Re].[Re].[Sc+3].[Sc+3]. The van der Waals surface area contributed by atoms with E-state index in [1.807, 2.05) is 0 Å². The molecule has 0 atom stereocenters. The third-order valence-corrected chi connectivity index (χ3v) is 0. The Balaban J connectivity index is 0. The molecule has 0 rings (SSSR count). The van der Waals surface area contributed by atoms with Gasteiger partial charge in [-0.15, -0.1) is 0 Å². The minimum Gasteiger partial charge on any atom is -2.00 e. The fraction of sp³-hybridized carbons (Fsp3) is 0. The van der Waals surface area contributed by atoms with Crippen molar-refractivity contribution in [3.8, 4) is 0 Å². The Labute approximate surface area is 107 Å². The first kappa shape index (κ1) is 91.7. The van der Waals surface area contributed by atoms with Crippen molar-refractivity contribution in [1.29, 1.82) is 0 Å². The van der Waals surface area contributed by atoms with Crippen molar-refractivity contribution >= 4 is 0 Å². The summed E-state index contributed by atoms with van der Waals surface area (Å²) >= 11 is 0. The zero-order chi connectivity index (χ0) is 0. The molecule has 0 aromatic rings. The summed E-state index contributed by atoms with van der Waals surface area (Å²) in [6.07, 6.45) is 0. The summed E-state index contributed by atoms with van der Waals surface area (Å²) in [7, 11) is 0. The Morgan fingerprint density at radius 2 is 0.429 bits per heavy atom. The van der Waals surface area contributed by atoms with Crippen LogP contribution < -0.4 is 0 Å². The van der Waals surface area contributed by atoms with Gasteiger partial charge in [0.1, 0.15) is 0 Å². The minimum absolute atomic E-state index is 0. The molecule has 0 N–H and O–H groups in total. The summed E-state index contributed by atoms with van der Waals surface area (Å²) in [5.74, 6) is 0. The molecule has 0 aromatic heterocycles. The van der Waals surface area contributed by atoms with Gasteiger partial charge < -0.3 is 16.4 Å². The van der Waals surface area contributed by atoms with Crippen molar-refractivity contribution in [2.75, 3.05) is 0 Å². The third kappa shape index (κ3) is 49.7. The van der Waals surface area contributed by atoms with Crippen LogP contribution >= 0.6 is 0 Å². The first-order valence-corrected chi connectivity index (χ1v) is 0. The minimum atomic E-state index is 0. The van der Waals surface area contributed by atoms with Gasteiger partial charge in [-0.2, -0.15) is 0 Å². The van der Waals surface area contributed by atoms with Crippen molar-refractivity contribution in [3.05, 3.63) is 0 Å². The molecule has 0 saturated heterocycles. The van der Waals surface area contributed by atoms with Crippen LogP contribution in [0.1, 0.15) is 0 Å². The maximum atomic E-state index is 0. The van der Waals surface area contributed by atoms with Gasteiger partial charge in [-0.3, -0.25) is 0 Å². The summed E-state index contributed by atoms with van der Waals surface area (Å²) in [5, 5.41) is 0. The summed E-state index contributed by atoms with van der Waals surface area (Å²) in [6.45, 7) is 0. The van der Waals surface area contributed by atoms with Crippen LogP contribution in [0.4, 0.5) is 0 Å². The van der Waals surface area contributed by atoms with E-state index in [4.69, 9.17) is 0 Å². The molecule has 0 spiro atoms. The molecule has 0 saturated carbocycles. The standard InChI is InChI=1S/3O.2Re.2Sc/q3*-2;;;2*+3. The van der Waals surface area contributed by atoms with Crippen LogP contribution in [0.15, 0.2) is 0 Å². The normalized spacial score (nSPS) is 0. The van der Waals surface area contributed by atoms with E-state index in [1.165, 1.54) is 0 Å². The molecule has 0 fully saturated rings. The Hall–Kier alpha value is 2.94. The molecule has 0 aliphatic heterocycles. The first-order chi connectivity index (χ1) is 0. The van der Waals surface area contributed by atoms with E-state index in [1.54, 1.807) is 0 Å². The largest absolute Gasteiger partial charge is 3.00 e. The van der Waals surface area contributed by atoms with Gasteiger partial charge in [-0.25, -0.2) is 0 Å². The van der Waals surface area contributed by atoms with Gasteiger partial charge in [0, 0.05) is 40.8 Å². The van der Waals surface area contributed by atoms with Crippen molar-refractivity contribution in [2.45, 2.75) is 0 Å². The van der Waals surface area contributed by atoms with Gasteiger partial charge in [0.15, 0.2) is 0 Å². The van der Waals surface area contributed by atoms with Gasteiger partial charge >= 0.3 is 51.7 Å². The number of hydrogen-bond acceptors (Lipinski definition) is 0. The van der Waals surface area contributed by atoms with Gasteiger partial charge in [0.2, 0.25) is 0 Å². The molecule has 3 nitrogen and oxygen atoms in total. The van der Waals surface area contributed by atoms with E-state index in [2.05, 4.69) is 0 Å². The van der Waals surface area contributed by atoms with E-state index in [9.17, 15) is 0 Å². The Bertz CT molecular complexity index is 10.9. The molecule has 7 heavy (non-hydrogen) atoms. The molecule has 2 radical (unpaired) electrons. The van der Waals surface area contributed by atoms with E-state index < -0.39 is 0 Å². The topological polar surface area (TPSA) is 85.5 Å². The van der Waals surface area contributed by atoms with Crippen LogP contribution in [0, 0.1) is 0 Å². The van der Waals surface area contributed by atoms with E-state index >= 15 is 0 Å². The smallest absolute Gasteiger partial charge is 2.00 e. The number of rotatable bonds is 0. The van der Waals surface area contributed by atoms with Crippen LogP contribution in [0.25, 0.3) is 0 Å². The third-order valence-electron chi connectivity index (χ3n) is 0. The zero-order valence-corrected chi connectivity index (χ0v) is 12.2. The van der Waals surface area contributed by atoms with Crippen LogP contribution in [-0.2, 0) is 109 Å². The molecule has 0 unspecified atom stereocenters. The molecule has 0 amide bonds. The molecule has 7 heteroatoms. The summed E-state index contributed by atoms with van der Waals surface area (Å²) in [5.41, 5.74) is 0. The van der Waals surface area contributed by atoms with Gasteiger partial charge in [0.05, 0.1) is 0 Å². The summed E-state index contributed by atoms with van der Waals surface area (Å²) in [6, 6.07) is 0. The quantitative estimate of drug-likeness (QED) is 0.427. The molecule has 0 bridgehead atoms. The second kappa shape index (κ2) is 65.1. The summed E-state index contributed by atoms with van der Waals surface area (Å²) in [4.78, 5) is 0. The second-order valence-electron chi connectivity index (χ2n) is 0.